The number of anilines is 2. The van der Waals surface area contributed by atoms with Crippen LogP contribution in [0.2, 0.25) is 0 Å². The van der Waals surface area contributed by atoms with Crippen molar-refractivity contribution in [3.8, 4) is 0 Å². The lowest BCUT2D eigenvalue weighted by atomic mass is 9.73. The standard InChI is InChI=1S/C65H67N.2C2H6/c1-47-21-19-26-51(43-47)48-35-39-58(40-36-48)66(57-28-13-10-14-29-57)59-41-37-49(38-42-59)60-30-20-27-53(46-63(60)64(2,3)4)54-33-34-55-45-56-25-16-18-32-62(56)65(5,6)61-31-17-15-23-50(61)22-11-8-7-9-12-24-52(55)44-54;2*1-2/h7-10,12-19,23,25-37,39-41,43-44,46-47H,11,20-22,24,38,42,45H2,1-6H3;2*1-2H3/b8-7-,12-9-;;. The lowest BCUT2D eigenvalue weighted by Gasteiger charge is -2.32. The Hall–Kier alpha value is -6.44. The lowest BCUT2D eigenvalue weighted by Crippen LogP contribution is -2.23. The first-order valence-electron chi connectivity index (χ1n) is 26.5. The van der Waals surface area contributed by atoms with Gasteiger partial charge in [-0.1, -0.05) is 233 Å². The minimum atomic E-state index is -0.123. The minimum absolute atomic E-state index is 0.0463. The third-order valence-electron chi connectivity index (χ3n) is 14.2. The number of aryl methyl sites for hydroxylation is 1. The Balaban J connectivity index is 0.00000176. The van der Waals surface area contributed by atoms with Gasteiger partial charge < -0.3 is 4.90 Å². The van der Waals surface area contributed by atoms with Gasteiger partial charge in [0.15, 0.2) is 0 Å². The van der Waals surface area contributed by atoms with Crippen LogP contribution < -0.4 is 4.90 Å². The van der Waals surface area contributed by atoms with E-state index in [1.807, 2.05) is 27.7 Å². The summed E-state index contributed by atoms with van der Waals surface area (Å²) in [7, 11) is 0. The lowest BCUT2D eigenvalue weighted by molar-refractivity contribution is 0.511. The number of allylic oxidation sites excluding steroid dienone is 18. The van der Waals surface area contributed by atoms with Crippen molar-refractivity contribution >= 4 is 22.5 Å². The second-order valence-electron chi connectivity index (χ2n) is 20.3. The molecular weight excluding hydrogens is 843 g/mol. The van der Waals surface area contributed by atoms with Crippen LogP contribution >= 0.6 is 0 Å². The molecule has 4 aliphatic rings. The van der Waals surface area contributed by atoms with Gasteiger partial charge in [0, 0.05) is 22.5 Å². The van der Waals surface area contributed by atoms with Crippen LogP contribution in [0.4, 0.5) is 11.4 Å². The van der Waals surface area contributed by atoms with Crippen LogP contribution in [0.15, 0.2) is 217 Å². The summed E-state index contributed by atoms with van der Waals surface area (Å²) >= 11 is 0. The topological polar surface area (TPSA) is 3.24 Å². The second kappa shape index (κ2) is 23.9. The molecule has 4 aliphatic carbocycles. The Morgan fingerprint density at radius 3 is 1.94 bits per heavy atom. The molecule has 9 rings (SSSR count). The average Bonchev–Trinajstić information content (AvgIpc) is 3.63. The van der Waals surface area contributed by atoms with Gasteiger partial charge in [0.1, 0.15) is 0 Å². The minimum Gasteiger partial charge on any atom is -0.314 e. The highest BCUT2D eigenvalue weighted by atomic mass is 15.1. The van der Waals surface area contributed by atoms with E-state index in [9.17, 15) is 0 Å². The molecule has 0 aliphatic heterocycles. The molecule has 360 valence electrons. The molecule has 0 amide bonds. The van der Waals surface area contributed by atoms with Gasteiger partial charge in [0.05, 0.1) is 0 Å². The van der Waals surface area contributed by atoms with Crippen LogP contribution in [-0.4, -0.2) is 0 Å². The van der Waals surface area contributed by atoms with E-state index in [1.165, 1.54) is 89.4 Å². The van der Waals surface area contributed by atoms with Crippen LogP contribution in [-0.2, 0) is 24.7 Å². The third kappa shape index (κ3) is 12.1. The largest absolute Gasteiger partial charge is 0.314 e. The molecule has 0 aromatic heterocycles. The third-order valence-corrected chi connectivity index (χ3v) is 14.2. The van der Waals surface area contributed by atoms with Crippen molar-refractivity contribution in [3.05, 3.63) is 261 Å². The summed E-state index contributed by atoms with van der Waals surface area (Å²) in [4.78, 5) is 2.45. The van der Waals surface area contributed by atoms with Crippen molar-refractivity contribution < 1.29 is 0 Å². The summed E-state index contributed by atoms with van der Waals surface area (Å²) in [6.07, 6.45) is 36.2. The summed E-state index contributed by atoms with van der Waals surface area (Å²) in [5.74, 6) is 0.572. The first kappa shape index (κ1) is 51.4. The Morgan fingerprint density at radius 1 is 0.586 bits per heavy atom. The first-order valence-corrected chi connectivity index (χ1v) is 26.5. The summed E-state index contributed by atoms with van der Waals surface area (Å²) < 4.78 is 0. The van der Waals surface area contributed by atoms with E-state index >= 15 is 0 Å². The smallest absolute Gasteiger partial charge is 0.0458 e. The summed E-state index contributed by atoms with van der Waals surface area (Å²) in [5.41, 5.74) is 21.4. The molecule has 0 heterocycles. The van der Waals surface area contributed by atoms with Gasteiger partial charge in [-0.2, -0.15) is 0 Å². The van der Waals surface area contributed by atoms with Gasteiger partial charge in [-0.15, -0.1) is 0 Å². The number of rotatable bonds is 6. The molecule has 70 heavy (non-hydrogen) atoms. The second-order valence-corrected chi connectivity index (χ2v) is 20.3. The molecular formula is C69H79N. The van der Waals surface area contributed by atoms with Crippen LogP contribution in [0, 0.1) is 11.3 Å². The van der Waals surface area contributed by atoms with Crippen molar-refractivity contribution in [3.63, 3.8) is 0 Å². The SMILES string of the molecule is CC.CC.CC1C=C(c2ccc(N(C3=CC=C(C4=CCC=C(c5ccc6c(c5)C/C=C\C=C/CCc5ccccc5C(C)(C)c5ccccc5C6)C=C4C(C)(C)C)CC3)c3ccccc3)cc2)C=CC1. The van der Waals surface area contributed by atoms with Crippen LogP contribution in [0.5, 0.6) is 0 Å². The maximum atomic E-state index is 2.51. The fourth-order valence-electron chi connectivity index (χ4n) is 10.6. The number of fused-ring (bicyclic) bond motifs is 3. The fourth-order valence-corrected chi connectivity index (χ4v) is 10.6. The number of hydrogen-bond acceptors (Lipinski definition) is 1. The first-order chi connectivity index (χ1) is 34.0. The predicted octanol–water partition coefficient (Wildman–Crippen LogP) is 19.4. The van der Waals surface area contributed by atoms with Crippen molar-refractivity contribution in [2.75, 3.05) is 4.90 Å². The molecule has 5 aromatic rings. The zero-order chi connectivity index (χ0) is 49.7. The molecule has 1 heteroatoms. The van der Waals surface area contributed by atoms with E-state index in [0.717, 1.165) is 51.4 Å². The average molecular weight is 922 g/mol. The maximum absolute atomic E-state index is 2.51. The van der Waals surface area contributed by atoms with E-state index < -0.39 is 0 Å². The van der Waals surface area contributed by atoms with Crippen molar-refractivity contribution in [2.45, 2.75) is 126 Å². The van der Waals surface area contributed by atoms with Gasteiger partial charge in [0.2, 0.25) is 0 Å². The molecule has 0 saturated carbocycles. The number of benzene rings is 5. The Kier molecular flexibility index (Phi) is 17.6. The van der Waals surface area contributed by atoms with Gasteiger partial charge >= 0.3 is 0 Å². The molecule has 1 nitrogen and oxygen atoms in total. The van der Waals surface area contributed by atoms with E-state index in [0.29, 0.717) is 5.92 Å². The monoisotopic (exact) mass is 922 g/mol. The highest BCUT2D eigenvalue weighted by molar-refractivity contribution is 5.80. The van der Waals surface area contributed by atoms with Gasteiger partial charge in [-0.25, -0.2) is 0 Å². The van der Waals surface area contributed by atoms with E-state index in [2.05, 4.69) is 241 Å². The Labute approximate surface area is 423 Å². The van der Waals surface area contributed by atoms with Gasteiger partial charge in [0.25, 0.3) is 0 Å². The van der Waals surface area contributed by atoms with Gasteiger partial charge in [-0.05, 0) is 165 Å². The van der Waals surface area contributed by atoms with E-state index in [-0.39, 0.29) is 10.8 Å². The van der Waals surface area contributed by atoms with Crippen LogP contribution in [0.3, 0.4) is 0 Å². The van der Waals surface area contributed by atoms with Crippen molar-refractivity contribution in [2.24, 2.45) is 11.3 Å². The van der Waals surface area contributed by atoms with Crippen molar-refractivity contribution in [1.29, 1.82) is 0 Å². The maximum Gasteiger partial charge on any atom is 0.0458 e. The van der Waals surface area contributed by atoms with Crippen LogP contribution in [0.25, 0.3) is 11.1 Å². The molecule has 0 radical (unpaired) electrons. The van der Waals surface area contributed by atoms with E-state index in [4.69, 9.17) is 0 Å². The molecule has 5 aromatic carbocycles. The number of hydrogen-bond donors (Lipinski definition) is 0. The summed E-state index contributed by atoms with van der Waals surface area (Å²) in [6.45, 7) is 22.3. The van der Waals surface area contributed by atoms with Crippen LogP contribution in [0.1, 0.15) is 146 Å². The van der Waals surface area contributed by atoms with Crippen molar-refractivity contribution in [1.82, 2.24) is 0 Å². The van der Waals surface area contributed by atoms with Gasteiger partial charge in [-0.3, -0.25) is 0 Å². The zero-order valence-corrected chi connectivity index (χ0v) is 44.2. The fraction of sp³-hybridized carbons (Fsp3) is 0.304. The summed E-state index contributed by atoms with van der Waals surface area (Å²) in [6, 6.07) is 45.6. The molecule has 0 spiro atoms. The molecule has 1 unspecified atom stereocenters. The van der Waals surface area contributed by atoms with E-state index in [1.54, 1.807) is 0 Å². The number of para-hydroxylation sites is 1. The molecule has 0 fully saturated rings. The number of nitrogens with zero attached hydrogens (tertiary/aromatic N) is 1. The quantitative estimate of drug-likeness (QED) is 0.164. The Bertz CT molecular complexity index is 2850. The highest BCUT2D eigenvalue weighted by Gasteiger charge is 2.29. The highest BCUT2D eigenvalue weighted by Crippen LogP contribution is 2.44. The zero-order valence-electron chi connectivity index (χ0n) is 44.2. The normalized spacial score (nSPS) is 18.6. The predicted molar refractivity (Wildman–Crippen MR) is 307 cm³/mol. The Morgan fingerprint density at radius 2 is 1.24 bits per heavy atom. The summed E-state index contributed by atoms with van der Waals surface area (Å²) in [5, 5.41) is 0. The molecule has 1 atom stereocenters. The molecule has 0 bridgehead atoms. The molecule has 0 saturated heterocycles. The molecule has 0 N–H and O–H groups in total.